The van der Waals surface area contributed by atoms with Crippen molar-refractivity contribution in [2.24, 2.45) is 0 Å². The predicted octanol–water partition coefficient (Wildman–Crippen LogP) is 5.32. The number of rotatable bonds is 3. The fourth-order valence-corrected chi connectivity index (χ4v) is 5.48. The molecule has 0 bridgehead atoms. The first kappa shape index (κ1) is 18.2. The third kappa shape index (κ3) is 3.29. The molecule has 1 aliphatic rings. The molecule has 1 aromatic carbocycles. The van der Waals surface area contributed by atoms with Crippen LogP contribution in [0.4, 0.5) is 0 Å². The maximum atomic E-state index is 13.3. The lowest BCUT2D eigenvalue weighted by atomic mass is 9.98. The number of benzene rings is 1. The van der Waals surface area contributed by atoms with Gasteiger partial charge in [-0.15, -0.1) is 11.3 Å². The number of carbonyl (C=O) groups is 1. The van der Waals surface area contributed by atoms with E-state index in [0.29, 0.717) is 12.0 Å². The van der Waals surface area contributed by atoms with Gasteiger partial charge in [0, 0.05) is 36.4 Å². The van der Waals surface area contributed by atoms with Gasteiger partial charge in [0.25, 0.3) is 5.91 Å². The molecule has 0 radical (unpaired) electrons. The molecule has 142 valence electrons. The summed E-state index contributed by atoms with van der Waals surface area (Å²) in [6.45, 7) is 10.1. The van der Waals surface area contributed by atoms with Gasteiger partial charge in [-0.1, -0.05) is 12.1 Å². The van der Waals surface area contributed by atoms with Gasteiger partial charge in [0.05, 0.1) is 20.8 Å². The summed E-state index contributed by atoms with van der Waals surface area (Å²) in [5.74, 6) is 0.509. The van der Waals surface area contributed by atoms with Crippen molar-refractivity contribution < 1.29 is 4.79 Å². The molecule has 4 rings (SSSR count). The average Bonchev–Trinajstić information content (AvgIpc) is 3.22. The van der Waals surface area contributed by atoms with E-state index < -0.39 is 0 Å². The maximum absolute atomic E-state index is 13.3. The van der Waals surface area contributed by atoms with Gasteiger partial charge in [0.1, 0.15) is 0 Å². The number of nitrogens with zero attached hydrogens (tertiary/aromatic N) is 3. The zero-order chi connectivity index (χ0) is 19.1. The van der Waals surface area contributed by atoms with E-state index in [0.717, 1.165) is 48.4 Å². The smallest absolute Gasteiger partial charge is 0.255 e. The molecule has 2 aromatic heterocycles. The highest BCUT2D eigenvalue weighted by molar-refractivity contribution is 7.18. The topological polar surface area (TPSA) is 38.1 Å². The summed E-state index contributed by atoms with van der Waals surface area (Å²) < 4.78 is 3.48. The van der Waals surface area contributed by atoms with E-state index in [2.05, 4.69) is 56.5 Å². The zero-order valence-corrected chi connectivity index (χ0v) is 17.3. The second kappa shape index (κ2) is 7.12. The second-order valence-electron chi connectivity index (χ2n) is 7.86. The largest absolute Gasteiger partial charge is 0.346 e. The van der Waals surface area contributed by atoms with E-state index in [-0.39, 0.29) is 5.91 Å². The van der Waals surface area contributed by atoms with Crippen LogP contribution in [0, 0.1) is 13.8 Å². The number of amides is 1. The lowest BCUT2D eigenvalue weighted by molar-refractivity contribution is 0.0706. The van der Waals surface area contributed by atoms with Gasteiger partial charge in [-0.3, -0.25) is 4.79 Å². The van der Waals surface area contributed by atoms with Crippen molar-refractivity contribution in [3.63, 3.8) is 0 Å². The van der Waals surface area contributed by atoms with E-state index >= 15 is 0 Å². The van der Waals surface area contributed by atoms with Crippen LogP contribution < -0.4 is 0 Å². The van der Waals surface area contributed by atoms with Crippen LogP contribution in [0.5, 0.6) is 0 Å². The van der Waals surface area contributed by atoms with Crippen LogP contribution in [0.3, 0.4) is 0 Å². The minimum absolute atomic E-state index is 0.167. The van der Waals surface area contributed by atoms with Crippen LogP contribution in [-0.2, 0) is 0 Å². The number of aromatic nitrogens is 2. The van der Waals surface area contributed by atoms with Gasteiger partial charge in [-0.2, -0.15) is 0 Å². The summed E-state index contributed by atoms with van der Waals surface area (Å²) >= 11 is 1.77. The van der Waals surface area contributed by atoms with Gasteiger partial charge in [0.2, 0.25) is 0 Å². The Kier molecular flexibility index (Phi) is 4.81. The number of carbonyl (C=O) groups excluding carboxylic acids is 1. The van der Waals surface area contributed by atoms with Gasteiger partial charge in [-0.05, 0) is 58.7 Å². The van der Waals surface area contributed by atoms with Crippen LogP contribution in [0.15, 0.2) is 30.3 Å². The molecule has 0 saturated carbocycles. The van der Waals surface area contributed by atoms with Crippen LogP contribution in [0.1, 0.15) is 65.4 Å². The fourth-order valence-electron chi connectivity index (χ4n) is 4.39. The lowest BCUT2D eigenvalue weighted by Crippen LogP contribution is -2.39. The van der Waals surface area contributed by atoms with E-state index in [1.165, 1.54) is 9.71 Å². The summed E-state index contributed by atoms with van der Waals surface area (Å²) in [7, 11) is 0. The number of para-hydroxylation sites is 1. The molecule has 0 aliphatic carbocycles. The first-order valence-corrected chi connectivity index (χ1v) is 10.6. The molecule has 5 heteroatoms. The molecule has 3 aromatic rings. The Bertz CT molecular complexity index is 952. The molecule has 1 atom stereocenters. The van der Waals surface area contributed by atoms with Crippen molar-refractivity contribution in [1.82, 2.24) is 14.5 Å². The molecule has 27 heavy (non-hydrogen) atoms. The SMILES string of the molecule is Cc1cc(C(=O)N2CCC[C@@H](c3nc4ccccc4s3)C2)c(C)n1C(C)C. The molecule has 1 aliphatic heterocycles. The quantitative estimate of drug-likeness (QED) is 0.616. The van der Waals surface area contributed by atoms with E-state index in [4.69, 9.17) is 4.98 Å². The van der Waals surface area contributed by atoms with Crippen molar-refractivity contribution in [3.05, 3.63) is 52.3 Å². The summed E-state index contributed by atoms with van der Waals surface area (Å²) in [6, 6.07) is 10.7. The molecule has 0 unspecified atom stereocenters. The van der Waals surface area contributed by atoms with Gasteiger partial charge in [-0.25, -0.2) is 4.98 Å². The summed E-state index contributed by atoms with van der Waals surface area (Å²) in [5, 5.41) is 1.17. The number of fused-ring (bicyclic) bond motifs is 1. The number of hydrogen-bond donors (Lipinski definition) is 0. The highest BCUT2D eigenvalue weighted by Crippen LogP contribution is 2.33. The fraction of sp³-hybridized carbons (Fsp3) is 0.455. The van der Waals surface area contributed by atoms with Gasteiger partial charge in [0.15, 0.2) is 0 Å². The van der Waals surface area contributed by atoms with Crippen molar-refractivity contribution in [2.75, 3.05) is 13.1 Å². The Labute approximate surface area is 164 Å². The van der Waals surface area contributed by atoms with Crippen LogP contribution in [-0.4, -0.2) is 33.4 Å². The first-order chi connectivity index (χ1) is 13.0. The number of aryl methyl sites for hydroxylation is 1. The zero-order valence-electron chi connectivity index (χ0n) is 16.5. The number of hydrogen-bond acceptors (Lipinski definition) is 3. The minimum Gasteiger partial charge on any atom is -0.346 e. The minimum atomic E-state index is 0.167. The summed E-state index contributed by atoms with van der Waals surface area (Å²) in [4.78, 5) is 20.1. The van der Waals surface area contributed by atoms with E-state index in [1.54, 1.807) is 11.3 Å². The molecule has 0 N–H and O–H groups in total. The highest BCUT2D eigenvalue weighted by Gasteiger charge is 2.29. The van der Waals surface area contributed by atoms with Crippen LogP contribution in [0.2, 0.25) is 0 Å². The molecule has 3 heterocycles. The Morgan fingerprint density at radius 3 is 2.74 bits per heavy atom. The first-order valence-electron chi connectivity index (χ1n) is 9.79. The van der Waals surface area contributed by atoms with Crippen molar-refractivity contribution in [3.8, 4) is 0 Å². The Morgan fingerprint density at radius 1 is 1.26 bits per heavy atom. The number of likely N-dealkylation sites (tertiary alicyclic amines) is 1. The molecule has 1 amide bonds. The third-order valence-electron chi connectivity index (χ3n) is 5.60. The molecular formula is C22H27N3OS. The normalized spacial score (nSPS) is 17.8. The standard InChI is InChI=1S/C22H27N3OS/c1-14(2)25-15(3)12-18(16(25)4)22(26)24-11-7-8-17(13-24)21-23-19-9-5-6-10-20(19)27-21/h5-6,9-10,12,14,17H,7-8,11,13H2,1-4H3/t17-/m1/s1. The number of thiazole rings is 1. The third-order valence-corrected chi connectivity index (χ3v) is 6.80. The Morgan fingerprint density at radius 2 is 2.04 bits per heavy atom. The second-order valence-corrected chi connectivity index (χ2v) is 8.92. The number of piperidine rings is 1. The molecular weight excluding hydrogens is 354 g/mol. The summed E-state index contributed by atoms with van der Waals surface area (Å²) in [6.07, 6.45) is 2.14. The predicted molar refractivity (Wildman–Crippen MR) is 112 cm³/mol. The lowest BCUT2D eigenvalue weighted by Gasteiger charge is -2.32. The van der Waals surface area contributed by atoms with Crippen molar-refractivity contribution >= 4 is 27.5 Å². The van der Waals surface area contributed by atoms with E-state index in [1.807, 2.05) is 11.0 Å². The monoisotopic (exact) mass is 381 g/mol. The average molecular weight is 382 g/mol. The van der Waals surface area contributed by atoms with E-state index in [9.17, 15) is 4.79 Å². The molecule has 1 saturated heterocycles. The van der Waals surface area contributed by atoms with Crippen LogP contribution >= 0.6 is 11.3 Å². The molecule has 0 spiro atoms. The Hall–Kier alpha value is -2.14. The van der Waals surface area contributed by atoms with Crippen LogP contribution in [0.25, 0.3) is 10.2 Å². The van der Waals surface area contributed by atoms with Gasteiger partial charge >= 0.3 is 0 Å². The van der Waals surface area contributed by atoms with Crippen molar-refractivity contribution in [2.45, 2.75) is 52.5 Å². The van der Waals surface area contributed by atoms with Gasteiger partial charge < -0.3 is 9.47 Å². The molecule has 1 fully saturated rings. The van der Waals surface area contributed by atoms with Crippen molar-refractivity contribution in [1.29, 1.82) is 0 Å². The highest BCUT2D eigenvalue weighted by atomic mass is 32.1. The summed E-state index contributed by atoms with van der Waals surface area (Å²) in [5.41, 5.74) is 4.16. The Balaban J connectivity index is 1.58. The molecule has 4 nitrogen and oxygen atoms in total. The maximum Gasteiger partial charge on any atom is 0.255 e.